The van der Waals surface area contributed by atoms with E-state index in [1.807, 2.05) is 6.92 Å². The summed E-state index contributed by atoms with van der Waals surface area (Å²) >= 11 is 0. The van der Waals surface area contributed by atoms with Gasteiger partial charge in [0.2, 0.25) is 5.95 Å². The van der Waals surface area contributed by atoms with Crippen LogP contribution in [-0.2, 0) is 4.74 Å². The molecule has 4 heteroatoms. The monoisotopic (exact) mass is 293 g/mol. The van der Waals surface area contributed by atoms with Crippen molar-refractivity contribution in [1.82, 2.24) is 9.55 Å². The van der Waals surface area contributed by atoms with Crippen LogP contribution in [0, 0.1) is 12.3 Å². The van der Waals surface area contributed by atoms with E-state index in [9.17, 15) is 0 Å². The molecule has 0 aliphatic heterocycles. The Morgan fingerprint density at radius 3 is 3.00 bits per heavy atom. The maximum Gasteiger partial charge on any atom is 0.203 e. The van der Waals surface area contributed by atoms with Gasteiger partial charge < -0.3 is 14.6 Å². The average Bonchev–Trinajstić information content (AvgIpc) is 2.78. The van der Waals surface area contributed by atoms with Crippen molar-refractivity contribution in [3.8, 4) is 0 Å². The van der Waals surface area contributed by atoms with Crippen LogP contribution in [-0.4, -0.2) is 29.3 Å². The van der Waals surface area contributed by atoms with E-state index in [0.29, 0.717) is 11.5 Å². The predicted molar refractivity (Wildman–Crippen MR) is 87.8 cm³/mol. The van der Waals surface area contributed by atoms with Gasteiger partial charge in [0, 0.05) is 32.0 Å². The molecule has 0 saturated heterocycles. The van der Waals surface area contributed by atoms with Gasteiger partial charge in [-0.3, -0.25) is 0 Å². The fourth-order valence-corrected chi connectivity index (χ4v) is 3.34. The molecule has 1 aromatic heterocycles. The standard InChI is InChI=1S/C17H31N3O/c1-5-21-11-7-10-18-16-19-14(2)13-20(16)15-8-6-9-17(3,4)12-15/h13,15H,5-12H2,1-4H3,(H,18,19). The van der Waals surface area contributed by atoms with Crippen LogP contribution in [0.4, 0.5) is 5.95 Å². The maximum absolute atomic E-state index is 5.38. The van der Waals surface area contributed by atoms with E-state index in [1.54, 1.807) is 0 Å². The SMILES string of the molecule is CCOCCCNc1nc(C)cn1C1CCCC(C)(C)C1. The molecule has 1 aliphatic rings. The summed E-state index contributed by atoms with van der Waals surface area (Å²) in [5.74, 6) is 1.03. The molecule has 1 N–H and O–H groups in total. The Kier molecular flexibility index (Phi) is 5.68. The van der Waals surface area contributed by atoms with Gasteiger partial charge in [-0.15, -0.1) is 0 Å². The molecular weight excluding hydrogens is 262 g/mol. The fraction of sp³-hybridized carbons (Fsp3) is 0.824. The van der Waals surface area contributed by atoms with Gasteiger partial charge in [0.15, 0.2) is 0 Å². The first-order chi connectivity index (χ1) is 10.0. The van der Waals surface area contributed by atoms with Crippen LogP contribution in [0.15, 0.2) is 6.20 Å². The molecular formula is C17H31N3O. The van der Waals surface area contributed by atoms with E-state index in [2.05, 4.69) is 41.8 Å². The summed E-state index contributed by atoms with van der Waals surface area (Å²) < 4.78 is 7.76. The lowest BCUT2D eigenvalue weighted by molar-refractivity contribution is 0.147. The highest BCUT2D eigenvalue weighted by molar-refractivity contribution is 5.29. The lowest BCUT2D eigenvalue weighted by atomic mass is 9.75. The highest BCUT2D eigenvalue weighted by atomic mass is 16.5. The summed E-state index contributed by atoms with van der Waals surface area (Å²) in [6.45, 7) is 11.4. The fourth-order valence-electron chi connectivity index (χ4n) is 3.34. The molecule has 0 spiro atoms. The van der Waals surface area contributed by atoms with E-state index in [1.165, 1.54) is 25.7 Å². The molecule has 0 bridgehead atoms. The molecule has 1 fully saturated rings. The van der Waals surface area contributed by atoms with Crippen molar-refractivity contribution in [3.05, 3.63) is 11.9 Å². The summed E-state index contributed by atoms with van der Waals surface area (Å²) in [4.78, 5) is 4.66. The Hall–Kier alpha value is -1.03. The summed E-state index contributed by atoms with van der Waals surface area (Å²) in [5, 5.41) is 3.49. The largest absolute Gasteiger partial charge is 0.382 e. The molecule has 120 valence electrons. The van der Waals surface area contributed by atoms with E-state index < -0.39 is 0 Å². The van der Waals surface area contributed by atoms with Crippen molar-refractivity contribution < 1.29 is 4.74 Å². The zero-order chi connectivity index (χ0) is 15.3. The van der Waals surface area contributed by atoms with Crippen LogP contribution in [0.3, 0.4) is 0 Å². The topological polar surface area (TPSA) is 39.1 Å². The molecule has 1 saturated carbocycles. The Balaban J connectivity index is 1.96. The predicted octanol–water partition coefficient (Wildman–Crippen LogP) is 4.17. The zero-order valence-corrected chi connectivity index (χ0v) is 14.1. The molecule has 0 amide bonds. The normalized spacial score (nSPS) is 21.4. The van der Waals surface area contributed by atoms with Gasteiger partial charge >= 0.3 is 0 Å². The highest BCUT2D eigenvalue weighted by Gasteiger charge is 2.30. The van der Waals surface area contributed by atoms with Crippen molar-refractivity contribution in [2.45, 2.75) is 65.8 Å². The van der Waals surface area contributed by atoms with E-state index in [0.717, 1.165) is 37.8 Å². The van der Waals surface area contributed by atoms with Gasteiger partial charge in [-0.25, -0.2) is 4.98 Å². The summed E-state index contributed by atoms with van der Waals surface area (Å²) in [6.07, 6.45) is 8.41. The maximum atomic E-state index is 5.38. The third kappa shape index (κ3) is 4.73. The average molecular weight is 293 g/mol. The number of rotatable bonds is 7. The van der Waals surface area contributed by atoms with Crippen molar-refractivity contribution in [2.75, 3.05) is 25.1 Å². The minimum atomic E-state index is 0.452. The number of aryl methyl sites for hydroxylation is 1. The number of aromatic nitrogens is 2. The van der Waals surface area contributed by atoms with Crippen LogP contribution in [0.2, 0.25) is 0 Å². The molecule has 1 atom stereocenters. The first kappa shape index (κ1) is 16.3. The van der Waals surface area contributed by atoms with Crippen LogP contribution in [0.5, 0.6) is 0 Å². The Morgan fingerprint density at radius 1 is 1.48 bits per heavy atom. The van der Waals surface area contributed by atoms with Crippen LogP contribution in [0.1, 0.15) is 64.6 Å². The Morgan fingerprint density at radius 2 is 2.29 bits per heavy atom. The van der Waals surface area contributed by atoms with Gasteiger partial charge in [-0.1, -0.05) is 20.3 Å². The minimum absolute atomic E-state index is 0.452. The highest BCUT2D eigenvalue weighted by Crippen LogP contribution is 2.41. The Labute approximate surface area is 129 Å². The number of hydrogen-bond acceptors (Lipinski definition) is 3. The van der Waals surface area contributed by atoms with E-state index in [4.69, 9.17) is 4.74 Å². The summed E-state index contributed by atoms with van der Waals surface area (Å²) in [7, 11) is 0. The zero-order valence-electron chi connectivity index (χ0n) is 14.1. The molecule has 2 rings (SSSR count). The van der Waals surface area contributed by atoms with Crippen molar-refractivity contribution in [1.29, 1.82) is 0 Å². The number of nitrogens with zero attached hydrogens (tertiary/aromatic N) is 2. The molecule has 21 heavy (non-hydrogen) atoms. The van der Waals surface area contributed by atoms with Crippen LogP contribution >= 0.6 is 0 Å². The van der Waals surface area contributed by atoms with Gasteiger partial charge in [-0.2, -0.15) is 0 Å². The second-order valence-electron chi connectivity index (χ2n) is 7.00. The number of imidazole rings is 1. The second-order valence-corrected chi connectivity index (χ2v) is 7.00. The Bertz CT molecular complexity index is 439. The molecule has 1 heterocycles. The third-order valence-electron chi connectivity index (χ3n) is 4.38. The molecule has 0 aromatic carbocycles. The molecule has 1 aliphatic carbocycles. The number of anilines is 1. The van der Waals surface area contributed by atoms with Gasteiger partial charge in [-0.05, 0) is 44.9 Å². The lowest BCUT2D eigenvalue weighted by Crippen LogP contribution is -2.25. The van der Waals surface area contributed by atoms with Gasteiger partial charge in [0.1, 0.15) is 0 Å². The lowest BCUT2D eigenvalue weighted by Gasteiger charge is -2.36. The van der Waals surface area contributed by atoms with Crippen LogP contribution in [0.25, 0.3) is 0 Å². The van der Waals surface area contributed by atoms with Crippen molar-refractivity contribution in [3.63, 3.8) is 0 Å². The van der Waals surface area contributed by atoms with Crippen molar-refractivity contribution in [2.24, 2.45) is 5.41 Å². The molecule has 1 unspecified atom stereocenters. The summed E-state index contributed by atoms with van der Waals surface area (Å²) in [5.41, 5.74) is 1.55. The molecule has 0 radical (unpaired) electrons. The smallest absolute Gasteiger partial charge is 0.203 e. The number of ether oxygens (including phenoxy) is 1. The van der Waals surface area contributed by atoms with Crippen LogP contribution < -0.4 is 5.32 Å². The second kappa shape index (κ2) is 7.30. The van der Waals surface area contributed by atoms with Gasteiger partial charge in [0.25, 0.3) is 0 Å². The number of hydrogen-bond donors (Lipinski definition) is 1. The van der Waals surface area contributed by atoms with Gasteiger partial charge in [0.05, 0.1) is 5.69 Å². The third-order valence-corrected chi connectivity index (χ3v) is 4.38. The summed E-state index contributed by atoms with van der Waals surface area (Å²) in [6, 6.07) is 0.587. The number of nitrogens with one attached hydrogen (secondary N) is 1. The molecule has 4 nitrogen and oxygen atoms in total. The minimum Gasteiger partial charge on any atom is -0.382 e. The molecule has 1 aromatic rings. The first-order valence-corrected chi connectivity index (χ1v) is 8.39. The van der Waals surface area contributed by atoms with E-state index in [-0.39, 0.29) is 0 Å². The van der Waals surface area contributed by atoms with Crippen molar-refractivity contribution >= 4 is 5.95 Å². The first-order valence-electron chi connectivity index (χ1n) is 8.39. The van der Waals surface area contributed by atoms with E-state index >= 15 is 0 Å². The quantitative estimate of drug-likeness (QED) is 0.767.